The summed E-state index contributed by atoms with van der Waals surface area (Å²) in [5, 5.41) is 11.4. The Morgan fingerprint density at radius 3 is 3.00 bits per heavy atom. The normalized spacial score (nSPS) is 12.4. The third-order valence-electron chi connectivity index (χ3n) is 1.54. The molecular formula is C8H11NO3. The molecular weight excluding hydrogens is 158 g/mol. The molecule has 4 nitrogen and oxygen atoms in total. The van der Waals surface area contributed by atoms with Gasteiger partial charge in [-0.3, -0.25) is 0 Å². The average molecular weight is 169 g/mol. The molecule has 1 aromatic heterocycles. The molecule has 1 unspecified atom stereocenters. The minimum atomic E-state index is -0.867. The predicted molar refractivity (Wildman–Crippen MR) is 44.0 cm³/mol. The van der Waals surface area contributed by atoms with Crippen LogP contribution < -0.4 is 5.32 Å². The summed E-state index contributed by atoms with van der Waals surface area (Å²) >= 11 is 0. The molecule has 1 aromatic rings. The first-order valence-electron chi connectivity index (χ1n) is 3.77. The lowest BCUT2D eigenvalue weighted by Gasteiger charge is -2.09. The van der Waals surface area contributed by atoms with Gasteiger partial charge in [0.25, 0.3) is 0 Å². The number of carboxylic acids is 1. The van der Waals surface area contributed by atoms with Gasteiger partial charge in [-0.1, -0.05) is 6.92 Å². The largest absolute Gasteiger partial charge is 0.480 e. The fourth-order valence-electron chi connectivity index (χ4n) is 0.871. The lowest BCUT2D eigenvalue weighted by Crippen LogP contribution is -2.27. The van der Waals surface area contributed by atoms with E-state index in [4.69, 9.17) is 9.52 Å². The maximum absolute atomic E-state index is 10.6. The van der Waals surface area contributed by atoms with Crippen molar-refractivity contribution >= 4 is 11.9 Å². The zero-order chi connectivity index (χ0) is 8.97. The summed E-state index contributed by atoms with van der Waals surface area (Å²) < 4.78 is 4.94. The highest BCUT2D eigenvalue weighted by molar-refractivity contribution is 5.76. The van der Waals surface area contributed by atoms with E-state index in [1.54, 1.807) is 19.1 Å². The molecule has 0 fully saturated rings. The van der Waals surface area contributed by atoms with Gasteiger partial charge in [-0.15, -0.1) is 0 Å². The smallest absolute Gasteiger partial charge is 0.326 e. The molecule has 0 bridgehead atoms. The number of nitrogens with one attached hydrogen (secondary N) is 1. The molecule has 0 aliphatic carbocycles. The van der Waals surface area contributed by atoms with Gasteiger partial charge >= 0.3 is 5.97 Å². The van der Waals surface area contributed by atoms with Gasteiger partial charge in [-0.25, -0.2) is 4.79 Å². The summed E-state index contributed by atoms with van der Waals surface area (Å²) in [6, 6.07) is 2.82. The van der Waals surface area contributed by atoms with Crippen molar-refractivity contribution in [1.29, 1.82) is 0 Å². The number of hydrogen-bond acceptors (Lipinski definition) is 3. The van der Waals surface area contributed by atoms with Gasteiger partial charge in [0.05, 0.1) is 6.26 Å². The van der Waals surface area contributed by atoms with Crippen LogP contribution in [0.15, 0.2) is 22.8 Å². The van der Waals surface area contributed by atoms with E-state index in [1.165, 1.54) is 6.26 Å². The Hall–Kier alpha value is -1.45. The standard InChI is InChI=1S/C8H11NO3/c1-2-6(8(10)11)9-7-4-3-5-12-7/h3-6,9H,2H2,1H3,(H,10,11). The van der Waals surface area contributed by atoms with Crippen LogP contribution in [0.25, 0.3) is 0 Å². The number of hydrogen-bond donors (Lipinski definition) is 2. The van der Waals surface area contributed by atoms with E-state index in [0.717, 1.165) is 0 Å². The Morgan fingerprint density at radius 2 is 2.58 bits per heavy atom. The number of carbonyl (C=O) groups is 1. The summed E-state index contributed by atoms with van der Waals surface area (Å²) in [6.45, 7) is 1.80. The van der Waals surface area contributed by atoms with Crippen molar-refractivity contribution in [2.24, 2.45) is 0 Å². The molecule has 1 atom stereocenters. The minimum Gasteiger partial charge on any atom is -0.480 e. The van der Waals surface area contributed by atoms with E-state index in [-0.39, 0.29) is 0 Å². The quantitative estimate of drug-likeness (QED) is 0.717. The van der Waals surface area contributed by atoms with Crippen LogP contribution in [-0.2, 0) is 4.79 Å². The van der Waals surface area contributed by atoms with Crippen LogP contribution in [0, 0.1) is 0 Å². The van der Waals surface area contributed by atoms with E-state index in [0.29, 0.717) is 12.3 Å². The highest BCUT2D eigenvalue weighted by Gasteiger charge is 2.14. The van der Waals surface area contributed by atoms with Gasteiger partial charge in [0, 0.05) is 6.07 Å². The van der Waals surface area contributed by atoms with Crippen LogP contribution in [0.5, 0.6) is 0 Å². The monoisotopic (exact) mass is 169 g/mol. The van der Waals surface area contributed by atoms with Gasteiger partial charge in [-0.05, 0) is 12.5 Å². The van der Waals surface area contributed by atoms with E-state index in [1.807, 2.05) is 0 Å². The fourth-order valence-corrected chi connectivity index (χ4v) is 0.871. The van der Waals surface area contributed by atoms with Crippen molar-refractivity contribution in [3.05, 3.63) is 18.4 Å². The zero-order valence-electron chi connectivity index (χ0n) is 6.78. The first kappa shape index (κ1) is 8.64. The summed E-state index contributed by atoms with van der Waals surface area (Å²) in [7, 11) is 0. The first-order chi connectivity index (χ1) is 5.74. The Balaban J connectivity index is 2.54. The van der Waals surface area contributed by atoms with E-state index >= 15 is 0 Å². The third-order valence-corrected chi connectivity index (χ3v) is 1.54. The molecule has 1 heterocycles. The zero-order valence-corrected chi connectivity index (χ0v) is 6.78. The molecule has 0 saturated heterocycles. The molecule has 0 amide bonds. The van der Waals surface area contributed by atoms with Crippen LogP contribution in [0.1, 0.15) is 13.3 Å². The maximum Gasteiger partial charge on any atom is 0.326 e. The Morgan fingerprint density at radius 1 is 1.83 bits per heavy atom. The van der Waals surface area contributed by atoms with E-state index in [2.05, 4.69) is 5.32 Å². The summed E-state index contributed by atoms with van der Waals surface area (Å²) in [5.41, 5.74) is 0. The number of carboxylic acid groups (broad SMARTS) is 1. The Labute approximate surface area is 70.2 Å². The number of rotatable bonds is 4. The van der Waals surface area contributed by atoms with Crippen LogP contribution in [0.3, 0.4) is 0 Å². The Kier molecular flexibility index (Phi) is 2.74. The van der Waals surface area contributed by atoms with Crippen molar-refractivity contribution in [2.75, 3.05) is 5.32 Å². The number of aliphatic carboxylic acids is 1. The molecule has 0 radical (unpaired) electrons. The van der Waals surface area contributed by atoms with Gasteiger partial charge in [0.1, 0.15) is 6.04 Å². The second kappa shape index (κ2) is 3.80. The predicted octanol–water partition coefficient (Wildman–Crippen LogP) is 1.55. The lowest BCUT2D eigenvalue weighted by atomic mass is 10.2. The summed E-state index contributed by atoms with van der Waals surface area (Å²) in [6.07, 6.45) is 2.02. The van der Waals surface area contributed by atoms with Gasteiger partial charge in [-0.2, -0.15) is 0 Å². The first-order valence-corrected chi connectivity index (χ1v) is 3.77. The molecule has 2 N–H and O–H groups in total. The van der Waals surface area contributed by atoms with Crippen molar-refractivity contribution in [3.63, 3.8) is 0 Å². The molecule has 4 heteroatoms. The highest BCUT2D eigenvalue weighted by atomic mass is 16.4. The fraction of sp³-hybridized carbons (Fsp3) is 0.375. The van der Waals surface area contributed by atoms with E-state index in [9.17, 15) is 4.79 Å². The highest BCUT2D eigenvalue weighted by Crippen LogP contribution is 2.09. The number of anilines is 1. The van der Waals surface area contributed by atoms with Crippen molar-refractivity contribution in [1.82, 2.24) is 0 Å². The molecule has 66 valence electrons. The molecule has 0 aromatic carbocycles. The topological polar surface area (TPSA) is 62.5 Å². The van der Waals surface area contributed by atoms with Crippen LogP contribution >= 0.6 is 0 Å². The minimum absolute atomic E-state index is 0.490. The lowest BCUT2D eigenvalue weighted by molar-refractivity contribution is -0.138. The number of furan rings is 1. The van der Waals surface area contributed by atoms with Gasteiger partial charge < -0.3 is 14.8 Å². The van der Waals surface area contributed by atoms with Crippen molar-refractivity contribution in [2.45, 2.75) is 19.4 Å². The molecule has 12 heavy (non-hydrogen) atoms. The van der Waals surface area contributed by atoms with Crippen molar-refractivity contribution in [3.8, 4) is 0 Å². The van der Waals surface area contributed by atoms with Crippen molar-refractivity contribution < 1.29 is 14.3 Å². The SMILES string of the molecule is CCC(Nc1ccco1)C(=O)O. The van der Waals surface area contributed by atoms with Crippen LogP contribution in [0.4, 0.5) is 5.88 Å². The van der Waals surface area contributed by atoms with Gasteiger partial charge in [0.2, 0.25) is 0 Å². The third kappa shape index (κ3) is 2.02. The molecule has 0 saturated carbocycles. The second-order valence-electron chi connectivity index (χ2n) is 2.42. The molecule has 0 aliphatic heterocycles. The van der Waals surface area contributed by atoms with Crippen LogP contribution in [0.2, 0.25) is 0 Å². The van der Waals surface area contributed by atoms with Crippen LogP contribution in [-0.4, -0.2) is 17.1 Å². The maximum atomic E-state index is 10.6. The molecule has 0 spiro atoms. The van der Waals surface area contributed by atoms with E-state index < -0.39 is 12.0 Å². The summed E-state index contributed by atoms with van der Waals surface area (Å²) in [4.78, 5) is 10.6. The molecule has 0 aliphatic rings. The second-order valence-corrected chi connectivity index (χ2v) is 2.42. The Bertz CT molecular complexity index is 243. The average Bonchev–Trinajstić information content (AvgIpc) is 2.51. The van der Waals surface area contributed by atoms with Gasteiger partial charge in [0.15, 0.2) is 5.88 Å². The molecule has 1 rings (SSSR count). The summed E-state index contributed by atoms with van der Waals surface area (Å²) in [5.74, 6) is -0.377.